The van der Waals surface area contributed by atoms with Crippen LogP contribution in [0.4, 0.5) is 0 Å². The van der Waals surface area contributed by atoms with Crippen LogP contribution < -0.4 is 0 Å². The Morgan fingerprint density at radius 2 is 1.62 bits per heavy atom. The summed E-state index contributed by atoms with van der Waals surface area (Å²) in [6, 6.07) is 0. The van der Waals surface area contributed by atoms with Crippen molar-refractivity contribution in [2.45, 2.75) is 64.8 Å². The number of hydrogen-bond donors (Lipinski definition) is 0. The molecule has 0 saturated carbocycles. The molecule has 9 heteroatoms. The largest absolute Gasteiger partial charge is 0.467 e. The first kappa shape index (κ1) is 24.5. The third kappa shape index (κ3) is 9.23. The van der Waals surface area contributed by atoms with Gasteiger partial charge in [0, 0.05) is 6.42 Å². The fraction of sp³-hybridized carbons (Fsp3) is 0.824. The fourth-order valence-electron chi connectivity index (χ4n) is 1.86. The summed E-state index contributed by atoms with van der Waals surface area (Å²) in [4.78, 5) is 30.9. The van der Waals surface area contributed by atoms with E-state index in [-0.39, 0.29) is 24.8 Å². The predicted molar refractivity (Wildman–Crippen MR) is 90.2 cm³/mol. The lowest BCUT2D eigenvalue weighted by molar-refractivity contribution is -0.167. The summed E-state index contributed by atoms with van der Waals surface area (Å²) >= 11 is 0. The summed E-state index contributed by atoms with van der Waals surface area (Å²) in [6.07, 6.45) is 0.951. The Bertz CT molecular complexity index is 436. The van der Waals surface area contributed by atoms with E-state index in [4.69, 9.17) is 18.9 Å². The molecule has 1 unspecified atom stereocenters. The monoisotopic (exact) mass is 378 g/mol. The summed E-state index contributed by atoms with van der Waals surface area (Å²) < 4.78 is 29.6. The van der Waals surface area contributed by atoms with E-state index in [9.17, 15) is 14.4 Å². The Kier molecular flexibility index (Phi) is 12.0. The summed E-state index contributed by atoms with van der Waals surface area (Å²) in [6.45, 7) is 7.86. The minimum absolute atomic E-state index is 0.237. The zero-order chi connectivity index (χ0) is 20.2. The van der Waals surface area contributed by atoms with Gasteiger partial charge in [-0.05, 0) is 20.3 Å². The maximum atomic E-state index is 10.9. The van der Waals surface area contributed by atoms with E-state index in [2.05, 4.69) is 9.47 Å². The summed E-state index contributed by atoms with van der Waals surface area (Å²) in [5.74, 6) is -1.39. The number of carbonyl (C=O) groups excluding carboxylic acids is 3. The molecule has 0 N–H and O–H groups in total. The zero-order valence-electron chi connectivity index (χ0n) is 16.3. The van der Waals surface area contributed by atoms with E-state index in [0.29, 0.717) is 13.0 Å². The van der Waals surface area contributed by atoms with Gasteiger partial charge in [-0.2, -0.15) is 0 Å². The highest BCUT2D eigenvalue weighted by Gasteiger charge is 2.37. The maximum absolute atomic E-state index is 10.9. The van der Waals surface area contributed by atoms with Crippen LogP contribution in [0.5, 0.6) is 0 Å². The molecular formula is C17H30O9. The lowest BCUT2D eigenvalue weighted by Gasteiger charge is -2.15. The quantitative estimate of drug-likeness (QED) is 0.527. The van der Waals surface area contributed by atoms with E-state index in [0.717, 1.165) is 12.7 Å². The van der Waals surface area contributed by atoms with Crippen molar-refractivity contribution in [1.82, 2.24) is 0 Å². The van der Waals surface area contributed by atoms with Crippen molar-refractivity contribution < 1.29 is 42.8 Å². The summed E-state index contributed by atoms with van der Waals surface area (Å²) in [5.41, 5.74) is 0. The first-order chi connectivity index (χ1) is 12.2. The van der Waals surface area contributed by atoms with Crippen LogP contribution in [0, 0.1) is 0 Å². The van der Waals surface area contributed by atoms with Crippen molar-refractivity contribution in [3.05, 3.63) is 0 Å². The van der Waals surface area contributed by atoms with E-state index < -0.39 is 18.0 Å². The Morgan fingerprint density at radius 3 is 1.96 bits per heavy atom. The normalized spacial score (nSPS) is 25.8. The molecule has 0 amide bonds. The Hall–Kier alpha value is -1.55. The first-order valence-corrected chi connectivity index (χ1v) is 8.42. The average molecular weight is 378 g/mol. The summed E-state index contributed by atoms with van der Waals surface area (Å²) in [5, 5.41) is 0. The molecule has 3 atom stereocenters. The molecule has 0 aromatic heterocycles. The molecule has 0 aromatic rings. The number of rotatable bonds is 4. The third-order valence-electron chi connectivity index (χ3n) is 3.19. The molecule has 0 radical (unpaired) electrons. The first-order valence-electron chi connectivity index (χ1n) is 8.42. The van der Waals surface area contributed by atoms with Gasteiger partial charge in [-0.1, -0.05) is 13.8 Å². The molecular weight excluding hydrogens is 348 g/mol. The molecule has 2 heterocycles. The zero-order valence-corrected chi connectivity index (χ0v) is 16.3. The van der Waals surface area contributed by atoms with Crippen molar-refractivity contribution in [3.63, 3.8) is 0 Å². The highest BCUT2D eigenvalue weighted by atomic mass is 16.8. The minimum Gasteiger partial charge on any atom is -0.467 e. The summed E-state index contributed by atoms with van der Waals surface area (Å²) in [7, 11) is 2.67. The second-order valence-electron chi connectivity index (χ2n) is 5.73. The van der Waals surface area contributed by atoms with Crippen LogP contribution >= 0.6 is 0 Å². The fourth-order valence-corrected chi connectivity index (χ4v) is 1.86. The Morgan fingerprint density at radius 1 is 1.08 bits per heavy atom. The predicted octanol–water partition coefficient (Wildman–Crippen LogP) is 1.22. The molecule has 9 nitrogen and oxygen atoms in total. The van der Waals surface area contributed by atoms with Crippen molar-refractivity contribution >= 4 is 18.2 Å². The van der Waals surface area contributed by atoms with Crippen LogP contribution in [0.3, 0.4) is 0 Å². The van der Waals surface area contributed by atoms with E-state index in [1.54, 1.807) is 13.8 Å². The lowest BCUT2D eigenvalue weighted by Crippen LogP contribution is -2.27. The van der Waals surface area contributed by atoms with Crippen LogP contribution in [0.15, 0.2) is 0 Å². The number of aldehydes is 1. The van der Waals surface area contributed by atoms with Gasteiger partial charge >= 0.3 is 11.9 Å². The van der Waals surface area contributed by atoms with Gasteiger partial charge in [0.2, 0.25) is 0 Å². The molecule has 26 heavy (non-hydrogen) atoms. The number of ether oxygens (including phenoxy) is 6. The van der Waals surface area contributed by atoms with Gasteiger partial charge in [-0.15, -0.1) is 0 Å². The van der Waals surface area contributed by atoms with Gasteiger partial charge in [0.25, 0.3) is 0 Å². The second kappa shape index (κ2) is 12.7. The SMILES string of the molecule is CCC1OC[C@H](C(=O)OC)O1.CCC=O.COC(=O)[C@H]1COC(C)(C)O1. The highest BCUT2D eigenvalue weighted by Crippen LogP contribution is 2.22. The van der Waals surface area contributed by atoms with E-state index in [1.165, 1.54) is 14.2 Å². The number of methoxy groups -OCH3 is 2. The average Bonchev–Trinajstić information content (AvgIpc) is 3.27. The standard InChI is InChI=1S/2C7H12O4.C3H6O/c1-7(2)10-4-5(11-7)6(8)9-3;1-3-6-10-4-5(11-6)7(8)9-2;1-2-3-4/h5H,4H2,1-3H3;5-6H,3-4H2,1-2H3;3H,2H2,1H3/t5-;5-,6?;/m11./s1. The molecule has 2 saturated heterocycles. The molecule has 0 bridgehead atoms. The van der Waals surface area contributed by atoms with Crippen molar-refractivity contribution in [2.75, 3.05) is 27.4 Å². The molecule has 0 spiro atoms. The molecule has 0 aliphatic carbocycles. The van der Waals surface area contributed by atoms with Gasteiger partial charge in [0.15, 0.2) is 24.3 Å². The van der Waals surface area contributed by atoms with Crippen LogP contribution in [0.1, 0.15) is 40.5 Å². The van der Waals surface area contributed by atoms with Gasteiger partial charge < -0.3 is 33.2 Å². The molecule has 152 valence electrons. The van der Waals surface area contributed by atoms with Gasteiger partial charge in [-0.25, -0.2) is 9.59 Å². The van der Waals surface area contributed by atoms with Gasteiger partial charge in [-0.3, -0.25) is 0 Å². The Balaban J connectivity index is 0.000000401. The molecule has 2 fully saturated rings. The van der Waals surface area contributed by atoms with E-state index >= 15 is 0 Å². The lowest BCUT2D eigenvalue weighted by atomic mass is 10.4. The topological polar surface area (TPSA) is 107 Å². The van der Waals surface area contributed by atoms with Gasteiger partial charge in [0.05, 0.1) is 27.4 Å². The number of hydrogen-bond acceptors (Lipinski definition) is 9. The van der Waals surface area contributed by atoms with Crippen LogP contribution in [-0.4, -0.2) is 69.9 Å². The maximum Gasteiger partial charge on any atom is 0.337 e. The second-order valence-corrected chi connectivity index (χ2v) is 5.73. The van der Waals surface area contributed by atoms with Crippen LogP contribution in [0.25, 0.3) is 0 Å². The molecule has 2 aliphatic heterocycles. The number of carbonyl (C=O) groups is 3. The highest BCUT2D eigenvalue weighted by molar-refractivity contribution is 5.75. The Labute approximate surface area is 154 Å². The van der Waals surface area contributed by atoms with Crippen molar-refractivity contribution in [3.8, 4) is 0 Å². The van der Waals surface area contributed by atoms with E-state index in [1.807, 2.05) is 13.8 Å². The number of esters is 2. The van der Waals surface area contributed by atoms with Crippen molar-refractivity contribution in [2.24, 2.45) is 0 Å². The van der Waals surface area contributed by atoms with Crippen molar-refractivity contribution in [1.29, 1.82) is 0 Å². The van der Waals surface area contributed by atoms with Gasteiger partial charge in [0.1, 0.15) is 6.29 Å². The molecule has 2 rings (SSSR count). The van der Waals surface area contributed by atoms with Crippen LogP contribution in [-0.2, 0) is 42.8 Å². The molecule has 2 aliphatic rings. The minimum atomic E-state index is -0.654. The molecule has 0 aromatic carbocycles. The smallest absolute Gasteiger partial charge is 0.337 e. The van der Waals surface area contributed by atoms with Crippen LogP contribution in [0.2, 0.25) is 0 Å². The third-order valence-corrected chi connectivity index (χ3v) is 3.19.